The van der Waals surface area contributed by atoms with Gasteiger partial charge in [-0.25, -0.2) is 0 Å². The molecule has 0 bridgehead atoms. The van der Waals surface area contributed by atoms with Gasteiger partial charge in [0.1, 0.15) is 23.1 Å². The Morgan fingerprint density at radius 3 is 2.70 bits per heavy atom. The highest BCUT2D eigenvalue weighted by Crippen LogP contribution is 2.37. The van der Waals surface area contributed by atoms with Gasteiger partial charge in [0.25, 0.3) is 0 Å². The van der Waals surface area contributed by atoms with Crippen LogP contribution in [-0.2, 0) is 18.3 Å². The predicted octanol–water partition coefficient (Wildman–Crippen LogP) is 4.41. The SMILES string of the molecule is CC(C)c1[nH]nc2cc(O)c(-c3nnc(CC(=O)O)n3-c3cccc4c3cc(Cl)n4C)cc12. The van der Waals surface area contributed by atoms with Crippen LogP contribution in [0.1, 0.15) is 31.3 Å². The fraction of sp³-hybridized carbons (Fsp3) is 0.217. The third-order valence-electron chi connectivity index (χ3n) is 5.80. The largest absolute Gasteiger partial charge is 0.507 e. The van der Waals surface area contributed by atoms with E-state index in [4.69, 9.17) is 11.6 Å². The quantitative estimate of drug-likeness (QED) is 0.354. The number of aliphatic carboxylic acids is 1. The molecule has 0 radical (unpaired) electrons. The highest BCUT2D eigenvalue weighted by molar-refractivity contribution is 6.31. The molecule has 0 unspecified atom stereocenters. The van der Waals surface area contributed by atoms with Crippen molar-refractivity contribution in [3.8, 4) is 22.8 Å². The summed E-state index contributed by atoms with van der Waals surface area (Å²) in [6.07, 6.45) is -0.337. The van der Waals surface area contributed by atoms with Crippen molar-refractivity contribution in [1.29, 1.82) is 0 Å². The van der Waals surface area contributed by atoms with Gasteiger partial charge in [0.05, 0.1) is 22.3 Å². The molecular formula is C23H21ClN6O3. The molecule has 0 atom stereocenters. The Kier molecular flexibility index (Phi) is 4.86. The molecule has 5 aromatic rings. The highest BCUT2D eigenvalue weighted by Gasteiger charge is 2.23. The molecule has 0 fully saturated rings. The molecule has 0 aliphatic heterocycles. The molecule has 33 heavy (non-hydrogen) atoms. The van der Waals surface area contributed by atoms with Crippen LogP contribution >= 0.6 is 11.6 Å². The minimum absolute atomic E-state index is 0.0295. The monoisotopic (exact) mass is 464 g/mol. The fourth-order valence-corrected chi connectivity index (χ4v) is 4.39. The summed E-state index contributed by atoms with van der Waals surface area (Å²) in [5.74, 6) is -0.314. The average Bonchev–Trinajstić information content (AvgIpc) is 3.43. The summed E-state index contributed by atoms with van der Waals surface area (Å²) in [5, 5.41) is 38.3. The number of H-pyrrole nitrogens is 1. The maximum atomic E-state index is 11.6. The number of hydrogen-bond donors (Lipinski definition) is 3. The van der Waals surface area contributed by atoms with Gasteiger partial charge in [0, 0.05) is 29.6 Å². The molecule has 168 valence electrons. The number of carboxylic acid groups (broad SMARTS) is 1. The standard InChI is InChI=1S/C23H21ClN6O3/c1-11(2)22-12-7-14(18(31)9-15(12)25-27-22)23-28-26-20(10-21(32)33)30(23)17-6-4-5-16-13(17)8-19(24)29(16)3/h4-9,11,31H,10H2,1-3H3,(H,25,27)(H,32,33). The van der Waals surface area contributed by atoms with Crippen LogP contribution in [0.2, 0.25) is 5.15 Å². The van der Waals surface area contributed by atoms with Crippen LogP contribution in [-0.4, -0.2) is 45.7 Å². The van der Waals surface area contributed by atoms with E-state index in [2.05, 4.69) is 20.4 Å². The van der Waals surface area contributed by atoms with Gasteiger partial charge in [-0.3, -0.25) is 14.5 Å². The number of carboxylic acids is 1. The van der Waals surface area contributed by atoms with E-state index in [1.54, 1.807) is 10.6 Å². The number of halogens is 1. The molecule has 5 rings (SSSR count). The molecule has 0 saturated carbocycles. The number of benzene rings is 2. The van der Waals surface area contributed by atoms with Gasteiger partial charge in [-0.2, -0.15) is 5.10 Å². The van der Waals surface area contributed by atoms with Gasteiger partial charge in [-0.05, 0) is 30.2 Å². The summed E-state index contributed by atoms with van der Waals surface area (Å²) in [6, 6.07) is 10.8. The van der Waals surface area contributed by atoms with E-state index < -0.39 is 5.97 Å². The van der Waals surface area contributed by atoms with E-state index in [1.807, 2.05) is 55.8 Å². The molecule has 3 N–H and O–H groups in total. The number of aryl methyl sites for hydroxylation is 1. The summed E-state index contributed by atoms with van der Waals surface area (Å²) < 4.78 is 3.51. The van der Waals surface area contributed by atoms with Crippen LogP contribution in [0.25, 0.3) is 38.9 Å². The molecule has 0 saturated heterocycles. The molecule has 0 aliphatic carbocycles. The highest BCUT2D eigenvalue weighted by atomic mass is 35.5. The van der Waals surface area contributed by atoms with E-state index in [0.717, 1.165) is 22.0 Å². The number of rotatable bonds is 5. The molecule has 10 heteroatoms. The maximum absolute atomic E-state index is 11.6. The summed E-state index contributed by atoms with van der Waals surface area (Å²) >= 11 is 6.37. The first kappa shape index (κ1) is 21.0. The van der Waals surface area contributed by atoms with Crippen molar-refractivity contribution in [3.05, 3.63) is 53.1 Å². The second kappa shape index (κ2) is 7.63. The molecule has 0 aliphatic rings. The lowest BCUT2D eigenvalue weighted by atomic mass is 10.0. The molecule has 2 aromatic carbocycles. The van der Waals surface area contributed by atoms with Crippen LogP contribution in [0.4, 0.5) is 0 Å². The van der Waals surface area contributed by atoms with Crippen molar-refractivity contribution < 1.29 is 15.0 Å². The second-order valence-corrected chi connectivity index (χ2v) is 8.65. The first-order valence-electron chi connectivity index (χ1n) is 10.4. The summed E-state index contributed by atoms with van der Waals surface area (Å²) in [5.41, 5.74) is 3.53. The van der Waals surface area contributed by atoms with Gasteiger partial charge in [-0.1, -0.05) is 31.5 Å². The van der Waals surface area contributed by atoms with Crippen LogP contribution in [0.15, 0.2) is 36.4 Å². The Balaban J connectivity index is 1.82. The average molecular weight is 465 g/mol. The first-order valence-corrected chi connectivity index (χ1v) is 10.8. The number of aromatic amines is 1. The molecule has 0 amide bonds. The fourth-order valence-electron chi connectivity index (χ4n) is 4.19. The summed E-state index contributed by atoms with van der Waals surface area (Å²) in [4.78, 5) is 11.6. The van der Waals surface area contributed by atoms with Crippen LogP contribution < -0.4 is 0 Å². The zero-order valence-corrected chi connectivity index (χ0v) is 18.9. The van der Waals surface area contributed by atoms with Crippen molar-refractivity contribution in [2.75, 3.05) is 0 Å². The molecule has 9 nitrogen and oxygen atoms in total. The van der Waals surface area contributed by atoms with E-state index in [-0.39, 0.29) is 23.9 Å². The lowest BCUT2D eigenvalue weighted by Gasteiger charge is -2.13. The van der Waals surface area contributed by atoms with E-state index in [9.17, 15) is 15.0 Å². The third-order valence-corrected chi connectivity index (χ3v) is 6.17. The molecule has 3 heterocycles. The van der Waals surface area contributed by atoms with Crippen molar-refractivity contribution in [3.63, 3.8) is 0 Å². The minimum Gasteiger partial charge on any atom is -0.507 e. The number of aromatic nitrogens is 6. The molecule has 3 aromatic heterocycles. The number of carbonyl (C=O) groups is 1. The minimum atomic E-state index is -1.04. The van der Waals surface area contributed by atoms with Gasteiger partial charge < -0.3 is 14.8 Å². The third kappa shape index (κ3) is 3.32. The number of aromatic hydroxyl groups is 1. The summed E-state index contributed by atoms with van der Waals surface area (Å²) in [7, 11) is 1.85. The van der Waals surface area contributed by atoms with Crippen molar-refractivity contribution in [2.24, 2.45) is 7.05 Å². The van der Waals surface area contributed by atoms with Gasteiger partial charge in [0.15, 0.2) is 5.82 Å². The first-order chi connectivity index (χ1) is 15.8. The Labute approximate surface area is 193 Å². The smallest absolute Gasteiger partial charge is 0.311 e. The summed E-state index contributed by atoms with van der Waals surface area (Å²) in [6.45, 7) is 4.10. The van der Waals surface area contributed by atoms with Crippen molar-refractivity contribution in [2.45, 2.75) is 26.2 Å². The maximum Gasteiger partial charge on any atom is 0.311 e. The Hall–Kier alpha value is -3.85. The second-order valence-electron chi connectivity index (χ2n) is 8.26. The number of phenols is 1. The van der Waals surface area contributed by atoms with E-state index in [1.165, 1.54) is 0 Å². The number of phenolic OH excluding ortho intramolecular Hbond substituents is 1. The van der Waals surface area contributed by atoms with Gasteiger partial charge in [0.2, 0.25) is 0 Å². The van der Waals surface area contributed by atoms with Crippen LogP contribution in [0, 0.1) is 0 Å². The lowest BCUT2D eigenvalue weighted by molar-refractivity contribution is -0.136. The zero-order valence-electron chi connectivity index (χ0n) is 18.2. The Bertz CT molecular complexity index is 1550. The van der Waals surface area contributed by atoms with E-state index in [0.29, 0.717) is 27.7 Å². The van der Waals surface area contributed by atoms with Gasteiger partial charge in [-0.15, -0.1) is 10.2 Å². The molecular weight excluding hydrogens is 444 g/mol. The topological polar surface area (TPSA) is 122 Å². The number of fused-ring (bicyclic) bond motifs is 2. The van der Waals surface area contributed by atoms with Crippen LogP contribution in [0.3, 0.4) is 0 Å². The molecule has 0 spiro atoms. The number of hydrogen-bond acceptors (Lipinski definition) is 5. The van der Waals surface area contributed by atoms with Gasteiger partial charge >= 0.3 is 5.97 Å². The number of nitrogens with one attached hydrogen (secondary N) is 1. The normalized spacial score (nSPS) is 11.8. The lowest BCUT2D eigenvalue weighted by Crippen LogP contribution is -2.09. The predicted molar refractivity (Wildman–Crippen MR) is 125 cm³/mol. The van der Waals surface area contributed by atoms with Crippen LogP contribution in [0.5, 0.6) is 5.75 Å². The zero-order chi connectivity index (χ0) is 23.4. The number of nitrogens with zero attached hydrogens (tertiary/aromatic N) is 5. The Morgan fingerprint density at radius 1 is 1.18 bits per heavy atom. The van der Waals surface area contributed by atoms with Crippen molar-refractivity contribution >= 4 is 39.4 Å². The Morgan fingerprint density at radius 2 is 1.97 bits per heavy atom. The van der Waals surface area contributed by atoms with Crippen molar-refractivity contribution in [1.82, 2.24) is 29.5 Å². The van der Waals surface area contributed by atoms with E-state index >= 15 is 0 Å².